The Hall–Kier alpha value is -2.69. The first kappa shape index (κ1) is 14.3. The van der Waals surface area contributed by atoms with E-state index in [0.717, 1.165) is 0 Å². The number of halogens is 1. The Labute approximate surface area is 127 Å². The highest BCUT2D eigenvalue weighted by Crippen LogP contribution is 2.26. The average Bonchev–Trinajstić information content (AvgIpc) is 2.91. The fourth-order valence-electron chi connectivity index (χ4n) is 2.01. The van der Waals surface area contributed by atoms with Crippen LogP contribution in [0.2, 0.25) is 0 Å². The number of hydrogen-bond acceptors (Lipinski definition) is 3. The van der Waals surface area contributed by atoms with E-state index in [1.807, 2.05) is 13.8 Å². The zero-order valence-electron chi connectivity index (χ0n) is 12.3. The summed E-state index contributed by atoms with van der Waals surface area (Å²) in [5, 5.41) is 2.82. The summed E-state index contributed by atoms with van der Waals surface area (Å²) in [7, 11) is 0. The van der Waals surface area contributed by atoms with E-state index >= 15 is 0 Å². The Kier molecular flexibility index (Phi) is 3.63. The van der Waals surface area contributed by atoms with Crippen LogP contribution in [0.3, 0.4) is 0 Å². The molecule has 3 rings (SSSR count). The van der Waals surface area contributed by atoms with Gasteiger partial charge in [-0.15, -0.1) is 0 Å². The Morgan fingerprint density at radius 2 is 1.91 bits per heavy atom. The molecule has 1 aromatic heterocycles. The van der Waals surface area contributed by atoms with Gasteiger partial charge in [0.2, 0.25) is 11.8 Å². The molecule has 0 saturated carbocycles. The van der Waals surface area contributed by atoms with Gasteiger partial charge in [-0.2, -0.15) is 0 Å². The van der Waals surface area contributed by atoms with Gasteiger partial charge in [-0.3, -0.25) is 4.79 Å². The highest BCUT2D eigenvalue weighted by Gasteiger charge is 2.11. The minimum absolute atomic E-state index is 0.0541. The summed E-state index contributed by atoms with van der Waals surface area (Å²) in [6.07, 6.45) is 0. The van der Waals surface area contributed by atoms with Crippen molar-refractivity contribution in [3.8, 4) is 11.5 Å². The summed E-state index contributed by atoms with van der Waals surface area (Å²) in [6.45, 7) is 3.66. The molecule has 0 atom stereocenters. The first-order valence-corrected chi connectivity index (χ1v) is 7.00. The normalized spacial score (nSPS) is 11.1. The van der Waals surface area contributed by atoms with Crippen LogP contribution in [0.15, 0.2) is 46.9 Å². The van der Waals surface area contributed by atoms with Crippen molar-refractivity contribution in [2.24, 2.45) is 5.92 Å². The van der Waals surface area contributed by atoms with Crippen LogP contribution in [0.25, 0.3) is 22.6 Å². The average molecular weight is 298 g/mol. The van der Waals surface area contributed by atoms with Crippen molar-refractivity contribution in [2.45, 2.75) is 13.8 Å². The monoisotopic (exact) mass is 298 g/mol. The molecule has 112 valence electrons. The van der Waals surface area contributed by atoms with Gasteiger partial charge in [-0.05, 0) is 42.5 Å². The zero-order chi connectivity index (χ0) is 15.7. The lowest BCUT2D eigenvalue weighted by Crippen LogP contribution is -2.17. The molecule has 0 unspecified atom stereocenters. The van der Waals surface area contributed by atoms with Crippen LogP contribution in [0.4, 0.5) is 10.1 Å². The molecule has 5 heteroatoms. The third-order valence-corrected chi connectivity index (χ3v) is 3.27. The lowest BCUT2D eigenvalue weighted by molar-refractivity contribution is -0.118. The number of nitrogens with one attached hydrogen (secondary N) is 1. The van der Waals surface area contributed by atoms with E-state index in [1.54, 1.807) is 30.3 Å². The second-order valence-electron chi connectivity index (χ2n) is 5.35. The molecule has 4 nitrogen and oxygen atoms in total. The molecule has 0 aliphatic heterocycles. The number of fused-ring (bicyclic) bond motifs is 1. The van der Waals surface area contributed by atoms with E-state index in [1.165, 1.54) is 12.1 Å². The highest BCUT2D eigenvalue weighted by molar-refractivity contribution is 5.94. The molecule has 1 amide bonds. The van der Waals surface area contributed by atoms with Crippen LogP contribution in [0.5, 0.6) is 0 Å². The molecule has 1 heterocycles. The van der Waals surface area contributed by atoms with E-state index in [4.69, 9.17) is 4.42 Å². The van der Waals surface area contributed by atoms with Crippen molar-refractivity contribution in [3.63, 3.8) is 0 Å². The number of oxazole rings is 1. The van der Waals surface area contributed by atoms with Crippen LogP contribution in [0.1, 0.15) is 13.8 Å². The number of carbonyl (C=O) groups excluding carboxylic acids is 1. The molecule has 22 heavy (non-hydrogen) atoms. The molecule has 0 radical (unpaired) electrons. The molecule has 0 spiro atoms. The lowest BCUT2D eigenvalue weighted by Gasteiger charge is -2.06. The number of anilines is 1. The molecule has 2 aromatic carbocycles. The SMILES string of the molecule is CC(C)C(=O)Nc1ccc2oc(-c3ccc(F)cc3)nc2c1. The quantitative estimate of drug-likeness (QED) is 0.787. The molecular weight excluding hydrogens is 283 g/mol. The van der Waals surface area contributed by atoms with Crippen molar-refractivity contribution in [1.29, 1.82) is 0 Å². The third kappa shape index (κ3) is 2.83. The van der Waals surface area contributed by atoms with Crippen molar-refractivity contribution >= 4 is 22.7 Å². The van der Waals surface area contributed by atoms with Crippen molar-refractivity contribution in [3.05, 3.63) is 48.3 Å². The van der Waals surface area contributed by atoms with Crippen LogP contribution >= 0.6 is 0 Å². The number of nitrogens with zero attached hydrogens (tertiary/aromatic N) is 1. The number of aromatic nitrogens is 1. The fraction of sp³-hybridized carbons (Fsp3) is 0.176. The van der Waals surface area contributed by atoms with Gasteiger partial charge in [0.1, 0.15) is 11.3 Å². The molecule has 0 fully saturated rings. The Bertz CT molecular complexity index is 822. The zero-order valence-corrected chi connectivity index (χ0v) is 12.3. The largest absolute Gasteiger partial charge is 0.436 e. The minimum atomic E-state index is -0.307. The fourth-order valence-corrected chi connectivity index (χ4v) is 2.01. The number of hydrogen-bond donors (Lipinski definition) is 1. The van der Waals surface area contributed by atoms with E-state index in [2.05, 4.69) is 10.3 Å². The van der Waals surface area contributed by atoms with Gasteiger partial charge in [-0.25, -0.2) is 9.37 Å². The molecule has 1 N–H and O–H groups in total. The molecule has 0 aliphatic carbocycles. The topological polar surface area (TPSA) is 55.1 Å². The van der Waals surface area contributed by atoms with Crippen LogP contribution < -0.4 is 5.32 Å². The van der Waals surface area contributed by atoms with Crippen molar-refractivity contribution in [1.82, 2.24) is 4.98 Å². The number of benzene rings is 2. The molecular formula is C17H15FN2O2. The third-order valence-electron chi connectivity index (χ3n) is 3.27. The Morgan fingerprint density at radius 1 is 1.18 bits per heavy atom. The molecule has 3 aromatic rings. The molecule has 0 aliphatic rings. The lowest BCUT2D eigenvalue weighted by atomic mass is 10.2. The maximum atomic E-state index is 13.0. The van der Waals surface area contributed by atoms with Crippen LogP contribution in [0, 0.1) is 11.7 Å². The first-order valence-electron chi connectivity index (χ1n) is 7.00. The van der Waals surface area contributed by atoms with E-state index < -0.39 is 0 Å². The summed E-state index contributed by atoms with van der Waals surface area (Å²) in [5.41, 5.74) is 2.62. The highest BCUT2D eigenvalue weighted by atomic mass is 19.1. The summed E-state index contributed by atoms with van der Waals surface area (Å²) in [5.74, 6) is -0.0368. The summed E-state index contributed by atoms with van der Waals surface area (Å²) >= 11 is 0. The smallest absolute Gasteiger partial charge is 0.227 e. The van der Waals surface area contributed by atoms with Gasteiger partial charge in [0.15, 0.2) is 5.58 Å². The molecule has 0 bridgehead atoms. The van der Waals surface area contributed by atoms with Crippen molar-refractivity contribution < 1.29 is 13.6 Å². The van der Waals surface area contributed by atoms with E-state index in [-0.39, 0.29) is 17.6 Å². The first-order chi connectivity index (χ1) is 10.5. The standard InChI is InChI=1S/C17H15FN2O2/c1-10(2)16(21)19-13-7-8-15-14(9-13)20-17(22-15)11-3-5-12(18)6-4-11/h3-10H,1-2H3,(H,19,21). The number of amides is 1. The van der Waals surface area contributed by atoms with Gasteiger partial charge in [-0.1, -0.05) is 13.8 Å². The Balaban J connectivity index is 1.93. The minimum Gasteiger partial charge on any atom is -0.436 e. The number of rotatable bonds is 3. The molecule has 0 saturated heterocycles. The van der Waals surface area contributed by atoms with Gasteiger partial charge >= 0.3 is 0 Å². The Morgan fingerprint density at radius 3 is 2.59 bits per heavy atom. The second-order valence-corrected chi connectivity index (χ2v) is 5.35. The van der Waals surface area contributed by atoms with Crippen LogP contribution in [-0.2, 0) is 4.79 Å². The second kappa shape index (κ2) is 5.60. The van der Waals surface area contributed by atoms with Gasteiger partial charge < -0.3 is 9.73 Å². The van der Waals surface area contributed by atoms with Crippen LogP contribution in [-0.4, -0.2) is 10.9 Å². The predicted molar refractivity (Wildman–Crippen MR) is 82.9 cm³/mol. The van der Waals surface area contributed by atoms with Crippen molar-refractivity contribution in [2.75, 3.05) is 5.32 Å². The summed E-state index contributed by atoms with van der Waals surface area (Å²) in [4.78, 5) is 16.1. The van der Waals surface area contributed by atoms with E-state index in [0.29, 0.717) is 28.2 Å². The number of carbonyl (C=O) groups is 1. The van der Waals surface area contributed by atoms with Gasteiger partial charge in [0.05, 0.1) is 0 Å². The maximum Gasteiger partial charge on any atom is 0.227 e. The summed E-state index contributed by atoms with van der Waals surface area (Å²) in [6, 6.07) is 11.2. The van der Waals surface area contributed by atoms with Gasteiger partial charge in [0, 0.05) is 17.2 Å². The maximum absolute atomic E-state index is 13.0. The summed E-state index contributed by atoms with van der Waals surface area (Å²) < 4.78 is 18.6. The predicted octanol–water partition coefficient (Wildman–Crippen LogP) is 4.23. The van der Waals surface area contributed by atoms with Gasteiger partial charge in [0.25, 0.3) is 0 Å². The van der Waals surface area contributed by atoms with E-state index in [9.17, 15) is 9.18 Å².